The summed E-state index contributed by atoms with van der Waals surface area (Å²) in [7, 11) is 4.15. The molecule has 0 aliphatic rings. The first-order chi connectivity index (χ1) is 11.0. The molecule has 4 heteroatoms. The fourth-order valence-corrected chi connectivity index (χ4v) is 2.51. The van der Waals surface area contributed by atoms with Crippen molar-refractivity contribution >= 4 is 5.97 Å². The normalized spacial score (nSPS) is 12.3. The molecule has 1 unspecified atom stereocenters. The Balaban J connectivity index is 1.94. The highest BCUT2D eigenvalue weighted by atomic mass is 16.4. The minimum atomic E-state index is -0.892. The van der Waals surface area contributed by atoms with Crippen LogP contribution < -0.4 is 5.32 Å². The number of nitrogens with one attached hydrogen (secondary N) is 1. The number of carbonyl (C=O) groups is 1. The van der Waals surface area contributed by atoms with Crippen LogP contribution in [-0.2, 0) is 6.54 Å². The van der Waals surface area contributed by atoms with Crippen LogP contribution in [0.15, 0.2) is 48.5 Å². The van der Waals surface area contributed by atoms with E-state index in [1.54, 1.807) is 12.1 Å². The minimum Gasteiger partial charge on any atom is -0.478 e. The highest BCUT2D eigenvalue weighted by Crippen LogP contribution is 2.18. The molecule has 0 aliphatic carbocycles. The molecule has 0 radical (unpaired) electrons. The Labute approximate surface area is 137 Å². The highest BCUT2D eigenvalue weighted by molar-refractivity contribution is 5.87. The summed E-state index contributed by atoms with van der Waals surface area (Å²) in [6.07, 6.45) is 0. The molecule has 2 rings (SSSR count). The summed E-state index contributed by atoms with van der Waals surface area (Å²) in [5.41, 5.74) is 3.95. The van der Waals surface area contributed by atoms with Crippen LogP contribution in [0.5, 0.6) is 0 Å². The van der Waals surface area contributed by atoms with Crippen LogP contribution in [0.2, 0.25) is 0 Å². The molecule has 4 nitrogen and oxygen atoms in total. The number of carboxylic acids is 1. The van der Waals surface area contributed by atoms with Crippen LogP contribution in [0.3, 0.4) is 0 Å². The molecular weight excluding hydrogens is 288 g/mol. The van der Waals surface area contributed by atoms with Crippen molar-refractivity contribution in [1.82, 2.24) is 10.2 Å². The molecule has 23 heavy (non-hydrogen) atoms. The molecule has 0 amide bonds. The van der Waals surface area contributed by atoms with Crippen molar-refractivity contribution in [3.63, 3.8) is 0 Å². The first-order valence-electron chi connectivity index (χ1n) is 7.73. The zero-order chi connectivity index (χ0) is 16.8. The second kappa shape index (κ2) is 7.90. The van der Waals surface area contributed by atoms with E-state index in [-0.39, 0.29) is 0 Å². The van der Waals surface area contributed by atoms with Gasteiger partial charge in [0.25, 0.3) is 0 Å². The van der Waals surface area contributed by atoms with Crippen molar-refractivity contribution in [2.24, 2.45) is 0 Å². The van der Waals surface area contributed by atoms with Gasteiger partial charge in [-0.2, -0.15) is 0 Å². The number of nitrogens with zero attached hydrogens (tertiary/aromatic N) is 1. The van der Waals surface area contributed by atoms with Gasteiger partial charge in [-0.25, -0.2) is 4.79 Å². The third kappa shape index (κ3) is 4.91. The average Bonchev–Trinajstić information content (AvgIpc) is 2.53. The summed E-state index contributed by atoms with van der Waals surface area (Å²) >= 11 is 0. The van der Waals surface area contributed by atoms with E-state index in [0.717, 1.165) is 18.7 Å². The largest absolute Gasteiger partial charge is 0.478 e. The van der Waals surface area contributed by atoms with Crippen molar-refractivity contribution in [2.75, 3.05) is 20.6 Å². The Hall–Kier alpha value is -2.17. The molecule has 0 saturated heterocycles. The lowest BCUT2D eigenvalue weighted by Gasteiger charge is -2.25. The van der Waals surface area contributed by atoms with E-state index < -0.39 is 5.97 Å². The molecule has 0 fully saturated rings. The van der Waals surface area contributed by atoms with Crippen LogP contribution >= 0.6 is 0 Å². The number of carboxylic acid groups (broad SMARTS) is 1. The first-order valence-corrected chi connectivity index (χ1v) is 7.73. The maximum atomic E-state index is 10.9. The van der Waals surface area contributed by atoms with Gasteiger partial charge < -0.3 is 15.3 Å². The highest BCUT2D eigenvalue weighted by Gasteiger charge is 2.13. The van der Waals surface area contributed by atoms with Crippen LogP contribution in [0, 0.1) is 6.92 Å². The lowest BCUT2D eigenvalue weighted by molar-refractivity contribution is 0.0697. The van der Waals surface area contributed by atoms with Crippen molar-refractivity contribution in [2.45, 2.75) is 19.5 Å². The minimum absolute atomic E-state index is 0.300. The number of rotatable bonds is 7. The van der Waals surface area contributed by atoms with Gasteiger partial charge in [-0.05, 0) is 44.3 Å². The number of hydrogen-bond donors (Lipinski definition) is 2. The van der Waals surface area contributed by atoms with E-state index in [0.29, 0.717) is 11.6 Å². The Morgan fingerprint density at radius 2 is 1.70 bits per heavy atom. The van der Waals surface area contributed by atoms with E-state index in [9.17, 15) is 4.79 Å². The summed E-state index contributed by atoms with van der Waals surface area (Å²) in [5.74, 6) is -0.892. The lowest BCUT2D eigenvalue weighted by atomic mass is 10.0. The summed E-state index contributed by atoms with van der Waals surface area (Å²) in [5, 5.41) is 12.4. The molecule has 0 heterocycles. The molecule has 2 aromatic carbocycles. The van der Waals surface area contributed by atoms with Crippen molar-refractivity contribution in [1.29, 1.82) is 0 Å². The van der Waals surface area contributed by atoms with Crippen molar-refractivity contribution in [3.8, 4) is 0 Å². The van der Waals surface area contributed by atoms with Crippen LogP contribution in [0.4, 0.5) is 0 Å². The molecule has 1 atom stereocenters. The summed E-state index contributed by atoms with van der Waals surface area (Å²) < 4.78 is 0. The van der Waals surface area contributed by atoms with Crippen LogP contribution in [0.1, 0.15) is 33.1 Å². The van der Waals surface area contributed by atoms with E-state index in [2.05, 4.69) is 55.5 Å². The van der Waals surface area contributed by atoms with Gasteiger partial charge in [-0.1, -0.05) is 42.0 Å². The second-order valence-corrected chi connectivity index (χ2v) is 6.02. The molecular formula is C19H24N2O2. The lowest BCUT2D eigenvalue weighted by Crippen LogP contribution is -2.30. The molecule has 0 saturated carbocycles. The van der Waals surface area contributed by atoms with E-state index in [1.807, 2.05) is 12.1 Å². The monoisotopic (exact) mass is 312 g/mol. The van der Waals surface area contributed by atoms with Crippen LogP contribution in [-0.4, -0.2) is 36.6 Å². The van der Waals surface area contributed by atoms with Crippen molar-refractivity contribution < 1.29 is 9.90 Å². The Bertz CT molecular complexity index is 633. The first kappa shape index (κ1) is 17.2. The Morgan fingerprint density at radius 3 is 2.22 bits per heavy atom. The van der Waals surface area contributed by atoms with Gasteiger partial charge in [0.1, 0.15) is 0 Å². The SMILES string of the molecule is Cc1ccc(C(CNCc2ccc(C(=O)O)cc2)N(C)C)cc1. The number of aryl methyl sites for hydroxylation is 1. The van der Waals surface area contributed by atoms with Gasteiger partial charge in [0.05, 0.1) is 5.56 Å². The van der Waals surface area contributed by atoms with Gasteiger partial charge in [0.2, 0.25) is 0 Å². The fraction of sp³-hybridized carbons (Fsp3) is 0.316. The standard InChI is InChI=1S/C19H24N2O2/c1-14-4-8-16(9-5-14)18(21(2)3)13-20-12-15-6-10-17(11-7-15)19(22)23/h4-11,18,20H,12-13H2,1-3H3,(H,22,23). The van der Waals surface area contributed by atoms with Gasteiger partial charge in [-0.3, -0.25) is 0 Å². The zero-order valence-corrected chi connectivity index (χ0v) is 13.9. The molecule has 0 bridgehead atoms. The van der Waals surface area contributed by atoms with Gasteiger partial charge in [-0.15, -0.1) is 0 Å². The maximum Gasteiger partial charge on any atom is 0.335 e. The van der Waals surface area contributed by atoms with Gasteiger partial charge in [0, 0.05) is 19.1 Å². The predicted octanol–water partition coefficient (Wildman–Crippen LogP) is 3.09. The molecule has 0 aliphatic heterocycles. The number of likely N-dealkylation sites (N-methyl/N-ethyl adjacent to an activating group) is 1. The van der Waals surface area contributed by atoms with E-state index in [4.69, 9.17) is 5.11 Å². The number of benzene rings is 2. The van der Waals surface area contributed by atoms with E-state index >= 15 is 0 Å². The Kier molecular flexibility index (Phi) is 5.90. The topological polar surface area (TPSA) is 52.6 Å². The molecule has 122 valence electrons. The summed E-state index contributed by atoms with van der Waals surface area (Å²) in [4.78, 5) is 13.0. The predicted molar refractivity (Wildman–Crippen MR) is 92.7 cm³/mol. The van der Waals surface area contributed by atoms with Crippen molar-refractivity contribution in [3.05, 3.63) is 70.8 Å². The molecule has 0 aromatic heterocycles. The molecule has 0 spiro atoms. The van der Waals surface area contributed by atoms with E-state index in [1.165, 1.54) is 11.1 Å². The van der Waals surface area contributed by atoms with Gasteiger partial charge >= 0.3 is 5.97 Å². The Morgan fingerprint density at radius 1 is 1.09 bits per heavy atom. The van der Waals surface area contributed by atoms with Crippen LogP contribution in [0.25, 0.3) is 0 Å². The number of hydrogen-bond acceptors (Lipinski definition) is 3. The number of aromatic carboxylic acids is 1. The second-order valence-electron chi connectivity index (χ2n) is 6.02. The summed E-state index contributed by atoms with van der Waals surface area (Å²) in [6.45, 7) is 3.64. The quantitative estimate of drug-likeness (QED) is 0.825. The maximum absolute atomic E-state index is 10.9. The molecule has 2 aromatic rings. The van der Waals surface area contributed by atoms with Gasteiger partial charge in [0.15, 0.2) is 0 Å². The summed E-state index contributed by atoms with van der Waals surface area (Å²) in [6, 6.07) is 15.9. The zero-order valence-electron chi connectivity index (χ0n) is 13.9. The third-order valence-corrected chi connectivity index (χ3v) is 3.95. The molecule has 2 N–H and O–H groups in total. The fourth-order valence-electron chi connectivity index (χ4n) is 2.51. The smallest absolute Gasteiger partial charge is 0.335 e. The average molecular weight is 312 g/mol. The third-order valence-electron chi connectivity index (χ3n) is 3.95.